The summed E-state index contributed by atoms with van der Waals surface area (Å²) in [6.07, 6.45) is 36.6. The normalized spacial score (nSPS) is 10.9. The number of pyridine rings is 6. The summed E-state index contributed by atoms with van der Waals surface area (Å²) in [7, 11) is 7.44. The van der Waals surface area contributed by atoms with Crippen molar-refractivity contribution in [2.24, 2.45) is 0 Å². The molecule has 0 aliphatic rings. The van der Waals surface area contributed by atoms with Crippen molar-refractivity contribution in [2.45, 2.75) is 41.0 Å². The number of rotatable bonds is 21. The summed E-state index contributed by atoms with van der Waals surface area (Å²) in [4.78, 5) is 118. The summed E-state index contributed by atoms with van der Waals surface area (Å²) in [6.45, 7) is 20.5. The number of amides is 6. The van der Waals surface area contributed by atoms with E-state index in [1.165, 1.54) is 35.9 Å². The van der Waals surface area contributed by atoms with Crippen LogP contribution >= 0.6 is 23.2 Å². The Hall–Kier alpha value is -17.1. The van der Waals surface area contributed by atoms with E-state index in [0.717, 1.165) is 179 Å². The van der Waals surface area contributed by atoms with Gasteiger partial charge >= 0.3 is 0 Å². The maximum atomic E-state index is 12.0. The number of hydrogen-bond donors (Lipinski definition) is 12. The Morgan fingerprint density at radius 3 is 0.963 bits per heavy atom. The molecule has 0 bridgehead atoms. The number of allylic oxidation sites excluding steroid dienone is 1. The Kier molecular flexibility index (Phi) is 31.6. The molecule has 6 aromatic carbocycles. The maximum Gasteiger partial charge on any atom is 0.249 e. The molecule has 6 amide bonds. The minimum atomic E-state index is -0.241. The standard InChI is InChI=1S/C19H19ClN4O.C19H20N4O.C19H19N3O.C17H15N3O.C16H12ClN3O.C16H13N3O/c1-12-10-21-19-15(12)8-14(11-22-19)13-4-5-16(20)17(9-13)23-18(25)6-7-24(2)3;1-13-11-20-19-17(13)10-15(12-21-19)14-5-4-6-16(9-14)22-18(24)7-8-23(2)3;1-3-4-8-18(23)22-16-7-5-6-14(9-16)15-10-17-13(2)11-20-19(17)21-12-15;1-3-16(21)20-14-6-4-5-12(7-14)13-8-15-11(2)9-18-17(15)19-10-13;1-2-15(21)20-12-5-3-4-10(6-12)11-7-13-14(17)9-19-16(13)18-8-11;1-2-15(20)19-14-5-3-4-11(9-14)13-8-12-6-7-17-16(12)18-10-13/h4-11H,1-3H3,(H,21,22)(H,23,25);4-12H,1-3H3,(H,20,21)(H,22,24);4-12H,3H2,1-2H3,(H,20,21)(H,22,23);3-10H,1H2,2H3,(H,18,19)(H,20,21);2-9H,1H2,(H,18,19)(H,20,21);2-10H,1H2,(H,17,18)(H,19,20)/b7-6+;8-7+;8-4+;;;. The fraction of sp³-hybridized carbons (Fsp3) is 0.0943. The van der Waals surface area contributed by atoms with Crippen LogP contribution in [0.2, 0.25) is 10.0 Å². The number of H-pyrrole nitrogens is 6. The third-order valence-corrected chi connectivity index (χ3v) is 21.5. The summed E-state index contributed by atoms with van der Waals surface area (Å²) in [6, 6.07) is 58.3. The van der Waals surface area contributed by atoms with E-state index in [4.69, 9.17) is 23.2 Å². The molecule has 0 aliphatic heterocycles. The lowest BCUT2D eigenvalue weighted by molar-refractivity contribution is -0.112. The van der Waals surface area contributed by atoms with Gasteiger partial charge in [0.25, 0.3) is 0 Å². The highest BCUT2D eigenvalue weighted by Crippen LogP contribution is 2.35. The van der Waals surface area contributed by atoms with Crippen LogP contribution in [0.15, 0.2) is 331 Å². The molecule has 0 saturated heterocycles. The van der Waals surface area contributed by atoms with Gasteiger partial charge in [-0.1, -0.05) is 123 Å². The predicted molar refractivity (Wildman–Crippen MR) is 546 cm³/mol. The Bertz CT molecular complexity index is 7330. The highest BCUT2D eigenvalue weighted by atomic mass is 35.5. The van der Waals surface area contributed by atoms with Gasteiger partial charge in [-0.15, -0.1) is 0 Å². The Morgan fingerprint density at radius 1 is 0.321 bits per heavy atom. The molecule has 0 saturated carbocycles. The van der Waals surface area contributed by atoms with Crippen LogP contribution in [0, 0.1) is 27.7 Å². The molecule has 0 radical (unpaired) electrons. The number of benzene rings is 6. The first-order chi connectivity index (χ1) is 64.7. The number of nitrogens with zero attached hydrogens (tertiary/aromatic N) is 8. The average molecular weight is 1820 g/mol. The summed E-state index contributed by atoms with van der Waals surface area (Å²) in [5, 5.41) is 24.3. The summed E-state index contributed by atoms with van der Waals surface area (Å²) in [5.74, 6) is -1.18. The molecule has 18 rings (SSSR count). The third kappa shape index (κ3) is 25.3. The van der Waals surface area contributed by atoms with E-state index in [2.05, 4.69) is 156 Å². The molecule has 28 heteroatoms. The Labute approximate surface area is 783 Å². The summed E-state index contributed by atoms with van der Waals surface area (Å²) >= 11 is 12.3. The number of fused-ring (bicyclic) bond motifs is 6. The van der Waals surface area contributed by atoms with Crippen LogP contribution in [0.25, 0.3) is 133 Å². The molecule has 26 nitrogen and oxygen atoms in total. The highest BCUT2D eigenvalue weighted by Gasteiger charge is 2.15. The van der Waals surface area contributed by atoms with Crippen molar-refractivity contribution < 1.29 is 28.8 Å². The molecule has 18 aromatic rings. The predicted octanol–water partition coefficient (Wildman–Crippen LogP) is 23.2. The lowest BCUT2D eigenvalue weighted by atomic mass is 10.1. The van der Waals surface area contributed by atoms with Crippen LogP contribution in [0.5, 0.6) is 0 Å². The number of halogens is 2. The Balaban J connectivity index is 0.000000137. The third-order valence-electron chi connectivity index (χ3n) is 20.8. The number of hydrogen-bond acceptors (Lipinski definition) is 14. The number of carbonyl (C=O) groups excluding carboxylic acids is 6. The molecule has 0 fully saturated rings. The van der Waals surface area contributed by atoms with Crippen LogP contribution in [-0.4, -0.2) is 133 Å². The second kappa shape index (κ2) is 44.8. The van der Waals surface area contributed by atoms with Crippen LogP contribution in [0.3, 0.4) is 0 Å². The molecule has 0 aliphatic carbocycles. The van der Waals surface area contributed by atoms with Crippen molar-refractivity contribution in [3.8, 4) is 66.8 Å². The quantitative estimate of drug-likeness (QED) is 0.0298. The van der Waals surface area contributed by atoms with E-state index in [1.54, 1.807) is 48.0 Å². The topological polar surface area (TPSA) is 353 Å². The van der Waals surface area contributed by atoms with Crippen molar-refractivity contribution in [1.29, 1.82) is 0 Å². The minimum Gasteiger partial charge on any atom is -0.383 e. The van der Waals surface area contributed by atoms with Gasteiger partial charge in [0.15, 0.2) is 0 Å². The zero-order valence-corrected chi connectivity index (χ0v) is 76.6. The molecular formula is C106H98Cl2N20O6. The van der Waals surface area contributed by atoms with Crippen molar-refractivity contribution in [1.82, 2.24) is 69.6 Å². The molecule has 12 aromatic heterocycles. The number of aromatic nitrogens is 12. The fourth-order valence-electron chi connectivity index (χ4n) is 13.9. The lowest BCUT2D eigenvalue weighted by Crippen LogP contribution is -2.10. The molecule has 0 atom stereocenters. The van der Waals surface area contributed by atoms with Gasteiger partial charge in [0.1, 0.15) is 33.9 Å². The number of carbonyl (C=O) groups is 6. The first-order valence-corrected chi connectivity index (χ1v) is 43.2. The molecular weight excluding hydrogens is 1720 g/mol. The van der Waals surface area contributed by atoms with Gasteiger partial charge < -0.3 is 71.6 Å². The number of anilines is 6. The average Bonchev–Trinajstić information content (AvgIpc) is 1.69. The van der Waals surface area contributed by atoms with Crippen molar-refractivity contribution in [2.75, 3.05) is 60.1 Å². The smallest absolute Gasteiger partial charge is 0.249 e. The van der Waals surface area contributed by atoms with Crippen LogP contribution in [0.4, 0.5) is 34.1 Å². The summed E-state index contributed by atoms with van der Waals surface area (Å²) < 4.78 is 0. The largest absolute Gasteiger partial charge is 0.383 e. The second-order valence-corrected chi connectivity index (χ2v) is 32.1. The zero-order chi connectivity index (χ0) is 94.9. The van der Waals surface area contributed by atoms with E-state index in [0.29, 0.717) is 21.4 Å². The lowest BCUT2D eigenvalue weighted by Gasteiger charge is -2.09. The molecule has 0 spiro atoms. The van der Waals surface area contributed by atoms with Crippen LogP contribution in [-0.2, 0) is 28.8 Å². The number of aromatic amines is 6. The van der Waals surface area contributed by atoms with E-state index < -0.39 is 0 Å². The SMILES string of the molecule is C=CC(=O)Nc1cccc(-c2cnc3[nH]cc(C)c3c2)c1.C=CC(=O)Nc1cccc(-c2cnc3[nH]cc(Cl)c3c2)c1.C=CC(=O)Nc1cccc(-c2cnc3[nH]ccc3c2)c1.CC/C=C/C(=O)Nc1cccc(-c2cnc3[nH]cc(C)c3c2)c1.Cc1c[nH]c2ncc(-c3ccc(Cl)c(NC(=O)/C=C/N(C)C)c3)cc12.Cc1c[nH]c2ncc(-c3cccc(NC(=O)/C=C/N(C)C)c3)cc12. The fourth-order valence-corrected chi connectivity index (χ4v) is 14.2. The van der Waals surface area contributed by atoms with E-state index >= 15 is 0 Å². The van der Waals surface area contributed by atoms with E-state index in [-0.39, 0.29) is 35.4 Å². The second-order valence-electron chi connectivity index (χ2n) is 31.3. The first-order valence-electron chi connectivity index (χ1n) is 42.5. The highest BCUT2D eigenvalue weighted by molar-refractivity contribution is 6.35. The zero-order valence-electron chi connectivity index (χ0n) is 75.1. The van der Waals surface area contributed by atoms with Gasteiger partial charge in [0.05, 0.1) is 15.7 Å². The van der Waals surface area contributed by atoms with Crippen molar-refractivity contribution >= 4 is 159 Å². The molecule has 672 valence electrons. The Morgan fingerprint density at radius 2 is 0.619 bits per heavy atom. The molecule has 12 heterocycles. The van der Waals surface area contributed by atoms with Crippen LogP contribution in [0.1, 0.15) is 35.6 Å². The monoisotopic (exact) mass is 1820 g/mol. The van der Waals surface area contributed by atoms with Crippen molar-refractivity contribution in [3.63, 3.8) is 0 Å². The van der Waals surface area contributed by atoms with Gasteiger partial charge in [-0.2, -0.15) is 0 Å². The van der Waals surface area contributed by atoms with E-state index in [1.807, 2.05) is 261 Å². The number of aryl methyl sites for hydroxylation is 4. The van der Waals surface area contributed by atoms with E-state index in [9.17, 15) is 28.8 Å². The molecule has 0 unspecified atom stereocenters. The minimum absolute atomic E-state index is 0.112. The maximum absolute atomic E-state index is 12.0. The van der Waals surface area contributed by atoms with Gasteiger partial charge in [-0.3, -0.25) is 28.8 Å². The molecule has 134 heavy (non-hydrogen) atoms. The summed E-state index contributed by atoms with van der Waals surface area (Å²) in [5.41, 5.74) is 25.9. The van der Waals surface area contributed by atoms with Gasteiger partial charge in [-0.25, -0.2) is 29.9 Å². The first kappa shape index (κ1) is 94.5. The van der Waals surface area contributed by atoms with Gasteiger partial charge in [0.2, 0.25) is 35.4 Å². The number of nitrogens with one attached hydrogen (secondary N) is 12. The van der Waals surface area contributed by atoms with Gasteiger partial charge in [-0.05, 0) is 229 Å². The van der Waals surface area contributed by atoms with Gasteiger partial charge in [0, 0.05) is 221 Å². The van der Waals surface area contributed by atoms with Crippen LogP contribution < -0.4 is 31.9 Å². The molecule has 12 N–H and O–H groups in total. The van der Waals surface area contributed by atoms with Crippen molar-refractivity contribution in [3.05, 3.63) is 363 Å².